The van der Waals surface area contributed by atoms with Crippen LogP contribution in [0.25, 0.3) is 0 Å². The van der Waals surface area contributed by atoms with Crippen LogP contribution in [-0.4, -0.2) is 38.1 Å². The molecule has 33 heavy (non-hydrogen) atoms. The number of methoxy groups -OCH3 is 3. The van der Waals surface area contributed by atoms with Crippen molar-refractivity contribution in [2.75, 3.05) is 27.9 Å². The van der Waals surface area contributed by atoms with Crippen LogP contribution in [-0.2, 0) is 24.8 Å². The fourth-order valence-electron chi connectivity index (χ4n) is 4.71. The SMILES string of the molecule is COc1cc(CC2(Cc3ccccc3)NCCc3cc(O)c(O)cc32)cc(OC)c1OC.Cl. The summed E-state index contributed by atoms with van der Waals surface area (Å²) in [7, 11) is 4.80. The molecule has 7 heteroatoms. The second-order valence-electron chi connectivity index (χ2n) is 8.13. The maximum Gasteiger partial charge on any atom is 0.203 e. The molecule has 0 aromatic heterocycles. The normalized spacial score (nSPS) is 16.9. The number of nitrogens with one attached hydrogen (secondary N) is 1. The maximum atomic E-state index is 10.3. The minimum atomic E-state index is -0.495. The van der Waals surface area contributed by atoms with Crippen LogP contribution in [0.3, 0.4) is 0 Å². The molecular formula is C26H30ClNO5. The van der Waals surface area contributed by atoms with Gasteiger partial charge in [0.1, 0.15) is 0 Å². The van der Waals surface area contributed by atoms with Gasteiger partial charge in [-0.05, 0) is 65.8 Å². The fraction of sp³-hybridized carbons (Fsp3) is 0.308. The van der Waals surface area contributed by atoms with Crippen molar-refractivity contribution >= 4 is 12.4 Å². The first-order chi connectivity index (χ1) is 15.5. The Morgan fingerprint density at radius 1 is 0.818 bits per heavy atom. The number of rotatable bonds is 7. The molecule has 0 amide bonds. The molecule has 1 heterocycles. The number of aromatic hydroxyl groups is 2. The van der Waals surface area contributed by atoms with E-state index in [1.165, 1.54) is 5.56 Å². The van der Waals surface area contributed by atoms with Gasteiger partial charge in [0.25, 0.3) is 0 Å². The Hall–Kier alpha value is -3.09. The predicted octanol–water partition coefficient (Wildman–Crippen LogP) is 4.37. The molecule has 3 aromatic carbocycles. The minimum absolute atomic E-state index is 0. The molecule has 0 spiro atoms. The molecular weight excluding hydrogens is 442 g/mol. The highest BCUT2D eigenvalue weighted by Crippen LogP contribution is 2.43. The van der Waals surface area contributed by atoms with Crippen LogP contribution in [0, 0.1) is 0 Å². The first-order valence-electron chi connectivity index (χ1n) is 10.6. The topological polar surface area (TPSA) is 80.2 Å². The van der Waals surface area contributed by atoms with Crippen molar-refractivity contribution in [3.05, 3.63) is 76.9 Å². The smallest absolute Gasteiger partial charge is 0.203 e. The molecule has 1 atom stereocenters. The molecule has 6 nitrogen and oxygen atoms in total. The summed E-state index contributed by atoms with van der Waals surface area (Å²) in [5.41, 5.74) is 3.69. The summed E-state index contributed by atoms with van der Waals surface area (Å²) in [5.74, 6) is 1.54. The van der Waals surface area contributed by atoms with E-state index in [1.54, 1.807) is 33.5 Å². The molecule has 0 bridgehead atoms. The van der Waals surface area contributed by atoms with Gasteiger partial charge in [-0.2, -0.15) is 0 Å². The van der Waals surface area contributed by atoms with Crippen LogP contribution in [0.15, 0.2) is 54.6 Å². The largest absolute Gasteiger partial charge is 0.504 e. The second kappa shape index (κ2) is 10.2. The average molecular weight is 472 g/mol. The predicted molar refractivity (Wildman–Crippen MR) is 130 cm³/mol. The van der Waals surface area contributed by atoms with Gasteiger partial charge in [-0.15, -0.1) is 12.4 Å². The lowest BCUT2D eigenvalue weighted by Crippen LogP contribution is -2.50. The van der Waals surface area contributed by atoms with Crippen LogP contribution in [0.5, 0.6) is 28.7 Å². The number of phenolic OH excluding ortho intramolecular Hbond substituents is 2. The van der Waals surface area contributed by atoms with E-state index in [-0.39, 0.29) is 23.9 Å². The summed E-state index contributed by atoms with van der Waals surface area (Å²) in [5, 5.41) is 24.2. The monoisotopic (exact) mass is 471 g/mol. The second-order valence-corrected chi connectivity index (χ2v) is 8.13. The Kier molecular flexibility index (Phi) is 7.61. The molecule has 0 fully saturated rings. The maximum absolute atomic E-state index is 10.3. The van der Waals surface area contributed by atoms with Crippen molar-refractivity contribution in [2.45, 2.75) is 24.8 Å². The average Bonchev–Trinajstić information content (AvgIpc) is 2.80. The third kappa shape index (κ3) is 4.82. The van der Waals surface area contributed by atoms with Crippen molar-refractivity contribution in [1.82, 2.24) is 5.32 Å². The van der Waals surface area contributed by atoms with Crippen LogP contribution >= 0.6 is 12.4 Å². The van der Waals surface area contributed by atoms with Crippen molar-refractivity contribution in [1.29, 1.82) is 0 Å². The van der Waals surface area contributed by atoms with Gasteiger partial charge in [0.05, 0.1) is 26.9 Å². The quantitative estimate of drug-likeness (QED) is 0.444. The zero-order valence-electron chi connectivity index (χ0n) is 19.1. The summed E-state index contributed by atoms with van der Waals surface area (Å²) in [6, 6.07) is 17.6. The van der Waals surface area contributed by atoms with Gasteiger partial charge < -0.3 is 29.7 Å². The van der Waals surface area contributed by atoms with E-state index in [0.717, 1.165) is 29.7 Å². The number of hydrogen-bond acceptors (Lipinski definition) is 6. The number of ether oxygens (including phenoxy) is 3. The standard InChI is InChI=1S/C26H29NO5.ClH/c1-30-23-11-18(12-24(31-2)25(23)32-3)16-26(15-17-7-5-4-6-8-17)20-14-22(29)21(28)13-19(20)9-10-27-26;/h4-8,11-14,27-29H,9-10,15-16H2,1-3H3;1H. The summed E-state index contributed by atoms with van der Waals surface area (Å²) < 4.78 is 16.6. The van der Waals surface area contributed by atoms with Crippen LogP contribution in [0.4, 0.5) is 0 Å². The number of benzene rings is 3. The lowest BCUT2D eigenvalue weighted by atomic mass is 9.74. The summed E-state index contributed by atoms with van der Waals surface area (Å²) >= 11 is 0. The van der Waals surface area contributed by atoms with E-state index in [4.69, 9.17) is 14.2 Å². The number of hydrogen-bond donors (Lipinski definition) is 3. The van der Waals surface area contributed by atoms with Gasteiger partial charge in [0.2, 0.25) is 5.75 Å². The van der Waals surface area contributed by atoms with Gasteiger partial charge in [0.15, 0.2) is 23.0 Å². The summed E-state index contributed by atoms with van der Waals surface area (Å²) in [4.78, 5) is 0. The van der Waals surface area contributed by atoms with E-state index < -0.39 is 5.54 Å². The molecule has 0 aliphatic carbocycles. The van der Waals surface area contributed by atoms with E-state index in [2.05, 4.69) is 17.4 Å². The Morgan fingerprint density at radius 3 is 2.03 bits per heavy atom. The third-order valence-corrected chi connectivity index (χ3v) is 6.15. The summed E-state index contributed by atoms with van der Waals surface area (Å²) in [6.07, 6.45) is 2.10. The minimum Gasteiger partial charge on any atom is -0.504 e. The van der Waals surface area contributed by atoms with Crippen LogP contribution in [0.2, 0.25) is 0 Å². The summed E-state index contributed by atoms with van der Waals surface area (Å²) in [6.45, 7) is 0.758. The van der Waals surface area contributed by atoms with E-state index >= 15 is 0 Å². The highest BCUT2D eigenvalue weighted by molar-refractivity contribution is 5.85. The number of phenols is 2. The van der Waals surface area contributed by atoms with Crippen LogP contribution in [0.1, 0.15) is 22.3 Å². The Morgan fingerprint density at radius 2 is 1.42 bits per heavy atom. The molecule has 0 saturated carbocycles. The van der Waals surface area contributed by atoms with Crippen molar-refractivity contribution in [2.24, 2.45) is 0 Å². The molecule has 4 rings (SSSR count). The lowest BCUT2D eigenvalue weighted by Gasteiger charge is -2.41. The Labute approximate surface area is 200 Å². The molecule has 3 aromatic rings. The Bertz CT molecular complexity index is 1080. The lowest BCUT2D eigenvalue weighted by molar-refractivity contribution is 0.301. The number of halogens is 1. The Balaban J connectivity index is 0.00000306. The fourth-order valence-corrected chi connectivity index (χ4v) is 4.71. The first-order valence-corrected chi connectivity index (χ1v) is 10.6. The molecule has 0 saturated heterocycles. The molecule has 1 unspecified atom stereocenters. The molecule has 0 radical (unpaired) electrons. The van der Waals surface area contributed by atoms with Gasteiger partial charge in [-0.25, -0.2) is 0 Å². The highest BCUT2D eigenvalue weighted by Gasteiger charge is 2.38. The van der Waals surface area contributed by atoms with Gasteiger partial charge in [-0.3, -0.25) is 0 Å². The van der Waals surface area contributed by atoms with E-state index in [1.807, 2.05) is 30.3 Å². The zero-order chi connectivity index (χ0) is 22.7. The number of fused-ring (bicyclic) bond motifs is 1. The third-order valence-electron chi connectivity index (χ3n) is 6.15. The van der Waals surface area contributed by atoms with Gasteiger partial charge in [0, 0.05) is 6.54 Å². The van der Waals surface area contributed by atoms with E-state index in [0.29, 0.717) is 30.1 Å². The van der Waals surface area contributed by atoms with E-state index in [9.17, 15) is 10.2 Å². The van der Waals surface area contributed by atoms with Crippen molar-refractivity contribution in [3.63, 3.8) is 0 Å². The van der Waals surface area contributed by atoms with Crippen molar-refractivity contribution < 1.29 is 24.4 Å². The molecule has 1 aliphatic heterocycles. The zero-order valence-corrected chi connectivity index (χ0v) is 19.9. The molecule has 176 valence electrons. The molecule has 1 aliphatic rings. The van der Waals surface area contributed by atoms with Crippen molar-refractivity contribution in [3.8, 4) is 28.7 Å². The molecule has 3 N–H and O–H groups in total. The van der Waals surface area contributed by atoms with Crippen LogP contribution < -0.4 is 19.5 Å². The highest BCUT2D eigenvalue weighted by atomic mass is 35.5. The van der Waals surface area contributed by atoms with Gasteiger partial charge >= 0.3 is 0 Å². The first kappa shape index (κ1) is 24.6. The van der Waals surface area contributed by atoms with Gasteiger partial charge in [-0.1, -0.05) is 30.3 Å².